The van der Waals surface area contributed by atoms with Crippen LogP contribution in [0, 0.1) is 0 Å². The van der Waals surface area contributed by atoms with E-state index in [0.717, 1.165) is 5.54 Å². The molecule has 1 heterocycles. The zero-order chi connectivity index (χ0) is 7.95. The molecule has 0 atom stereocenters. The summed E-state index contributed by atoms with van der Waals surface area (Å²) in [5.41, 5.74) is 0.722. The van der Waals surface area contributed by atoms with Crippen molar-refractivity contribution in [2.45, 2.75) is 44.1 Å². The van der Waals surface area contributed by atoms with Gasteiger partial charge >= 0.3 is 0 Å². The van der Waals surface area contributed by atoms with Crippen molar-refractivity contribution in [3.63, 3.8) is 0 Å². The molecular weight excluding hydrogens is 134 g/mol. The maximum Gasteiger partial charge on any atom is 0.0990 e. The number of quaternary nitrogens is 1. The van der Waals surface area contributed by atoms with Crippen molar-refractivity contribution < 1.29 is 4.48 Å². The Kier molecular flexibility index (Phi) is 1.54. The van der Waals surface area contributed by atoms with Crippen LogP contribution in [0.5, 0.6) is 0 Å². The Balaban J connectivity index is 2.22. The molecule has 1 aliphatic carbocycles. The lowest BCUT2D eigenvalue weighted by Crippen LogP contribution is -2.53. The molecule has 1 saturated heterocycles. The van der Waals surface area contributed by atoms with E-state index >= 15 is 0 Å². The van der Waals surface area contributed by atoms with Crippen LogP contribution in [-0.2, 0) is 0 Å². The second-order valence-corrected chi connectivity index (χ2v) is 4.94. The van der Waals surface area contributed by atoms with E-state index in [2.05, 4.69) is 14.1 Å². The minimum atomic E-state index is 0.722. The van der Waals surface area contributed by atoms with E-state index in [0.29, 0.717) is 0 Å². The van der Waals surface area contributed by atoms with Crippen LogP contribution in [0.15, 0.2) is 0 Å². The summed E-state index contributed by atoms with van der Waals surface area (Å²) in [6.45, 7) is 1.42. The molecule has 2 aliphatic rings. The van der Waals surface area contributed by atoms with Crippen LogP contribution in [0.1, 0.15) is 38.5 Å². The van der Waals surface area contributed by atoms with Gasteiger partial charge in [-0.3, -0.25) is 0 Å². The molecule has 11 heavy (non-hydrogen) atoms. The largest absolute Gasteiger partial charge is 0.324 e. The Hall–Kier alpha value is -0.0400. The number of rotatable bonds is 0. The van der Waals surface area contributed by atoms with Crippen LogP contribution in [-0.4, -0.2) is 30.7 Å². The van der Waals surface area contributed by atoms with Gasteiger partial charge in [-0.2, -0.15) is 0 Å². The normalized spacial score (nSPS) is 33.3. The summed E-state index contributed by atoms with van der Waals surface area (Å²) in [4.78, 5) is 0. The zero-order valence-corrected chi connectivity index (χ0v) is 7.90. The van der Waals surface area contributed by atoms with E-state index in [9.17, 15) is 0 Å². The van der Waals surface area contributed by atoms with Crippen molar-refractivity contribution in [3.05, 3.63) is 0 Å². The lowest BCUT2D eigenvalue weighted by Gasteiger charge is -2.41. The highest BCUT2D eigenvalue weighted by atomic mass is 15.4. The van der Waals surface area contributed by atoms with E-state index in [1.165, 1.54) is 49.6 Å². The van der Waals surface area contributed by atoms with Gasteiger partial charge in [-0.15, -0.1) is 0 Å². The summed E-state index contributed by atoms with van der Waals surface area (Å²) < 4.78 is 1.31. The predicted octanol–water partition coefficient (Wildman–Crippen LogP) is 2.17. The molecule has 0 aromatic heterocycles. The summed E-state index contributed by atoms with van der Waals surface area (Å²) in [5.74, 6) is 0. The third-order valence-electron chi connectivity index (χ3n) is 4.18. The Morgan fingerprint density at radius 3 is 1.91 bits per heavy atom. The van der Waals surface area contributed by atoms with Gasteiger partial charge in [-0.05, 0) is 12.8 Å². The highest BCUT2D eigenvalue weighted by molar-refractivity contribution is 4.89. The number of nitrogens with zero attached hydrogens (tertiary/aromatic N) is 1. The van der Waals surface area contributed by atoms with E-state index < -0.39 is 0 Å². The SMILES string of the molecule is C[N+]1(C)CCCC12CCCC2. The van der Waals surface area contributed by atoms with Crippen LogP contribution in [0.25, 0.3) is 0 Å². The van der Waals surface area contributed by atoms with Crippen molar-refractivity contribution in [3.8, 4) is 0 Å². The molecule has 2 fully saturated rings. The Labute approximate surface area is 70.0 Å². The minimum Gasteiger partial charge on any atom is -0.324 e. The summed E-state index contributed by atoms with van der Waals surface area (Å²) in [7, 11) is 4.86. The third-order valence-corrected chi connectivity index (χ3v) is 4.18. The van der Waals surface area contributed by atoms with E-state index in [1.54, 1.807) is 0 Å². The Bertz CT molecular complexity index is 149. The maximum atomic E-state index is 2.43. The second kappa shape index (κ2) is 2.22. The quantitative estimate of drug-likeness (QED) is 0.469. The topological polar surface area (TPSA) is 0 Å². The first-order valence-electron chi connectivity index (χ1n) is 4.99. The monoisotopic (exact) mass is 154 g/mol. The first-order chi connectivity index (χ1) is 5.16. The summed E-state index contributed by atoms with van der Waals surface area (Å²) in [6, 6.07) is 0. The van der Waals surface area contributed by atoms with E-state index in [4.69, 9.17) is 0 Å². The number of hydrogen-bond donors (Lipinski definition) is 0. The molecule has 2 rings (SSSR count). The van der Waals surface area contributed by atoms with Crippen molar-refractivity contribution >= 4 is 0 Å². The molecule has 1 saturated carbocycles. The van der Waals surface area contributed by atoms with Gasteiger partial charge in [0.25, 0.3) is 0 Å². The molecule has 1 aliphatic heterocycles. The molecule has 0 aromatic rings. The third kappa shape index (κ3) is 0.936. The fourth-order valence-corrected chi connectivity index (χ4v) is 3.23. The smallest absolute Gasteiger partial charge is 0.0990 e. The molecular formula is C10H20N+. The van der Waals surface area contributed by atoms with Crippen molar-refractivity contribution in [2.75, 3.05) is 20.6 Å². The number of likely N-dealkylation sites (tertiary alicyclic amines) is 1. The molecule has 0 unspecified atom stereocenters. The van der Waals surface area contributed by atoms with Crippen LogP contribution >= 0.6 is 0 Å². The van der Waals surface area contributed by atoms with Gasteiger partial charge in [-0.1, -0.05) is 0 Å². The van der Waals surface area contributed by atoms with Crippen LogP contribution in [0.2, 0.25) is 0 Å². The van der Waals surface area contributed by atoms with Crippen LogP contribution in [0.3, 0.4) is 0 Å². The van der Waals surface area contributed by atoms with Gasteiger partial charge in [0.1, 0.15) is 0 Å². The standard InChI is InChI=1S/C10H20N/c1-11(2)9-5-8-10(11)6-3-4-7-10/h3-9H2,1-2H3/q+1. The molecule has 1 heteroatoms. The average molecular weight is 154 g/mol. The second-order valence-electron chi connectivity index (χ2n) is 4.94. The molecule has 1 nitrogen and oxygen atoms in total. The molecule has 0 aromatic carbocycles. The first kappa shape index (κ1) is 7.60. The Morgan fingerprint density at radius 1 is 0.909 bits per heavy atom. The maximum absolute atomic E-state index is 2.43. The highest BCUT2D eigenvalue weighted by Gasteiger charge is 2.50. The van der Waals surface area contributed by atoms with E-state index in [-0.39, 0.29) is 0 Å². The van der Waals surface area contributed by atoms with Crippen molar-refractivity contribution in [1.82, 2.24) is 0 Å². The Morgan fingerprint density at radius 2 is 1.45 bits per heavy atom. The van der Waals surface area contributed by atoms with Gasteiger partial charge < -0.3 is 4.48 Å². The molecule has 64 valence electrons. The number of hydrogen-bond acceptors (Lipinski definition) is 0. The molecule has 1 spiro atoms. The summed E-state index contributed by atoms with van der Waals surface area (Å²) >= 11 is 0. The lowest BCUT2D eigenvalue weighted by atomic mass is 9.93. The van der Waals surface area contributed by atoms with Crippen molar-refractivity contribution in [1.29, 1.82) is 0 Å². The predicted molar refractivity (Wildman–Crippen MR) is 47.4 cm³/mol. The molecule has 0 bridgehead atoms. The average Bonchev–Trinajstić information content (AvgIpc) is 2.45. The first-order valence-corrected chi connectivity index (χ1v) is 4.99. The minimum absolute atomic E-state index is 0.722. The molecule has 0 amide bonds. The lowest BCUT2D eigenvalue weighted by molar-refractivity contribution is -0.928. The summed E-state index contributed by atoms with van der Waals surface area (Å²) in [5, 5.41) is 0. The molecule has 0 N–H and O–H groups in total. The van der Waals surface area contributed by atoms with Gasteiger partial charge in [0.05, 0.1) is 26.2 Å². The van der Waals surface area contributed by atoms with Gasteiger partial charge in [0.15, 0.2) is 0 Å². The van der Waals surface area contributed by atoms with Crippen molar-refractivity contribution in [2.24, 2.45) is 0 Å². The van der Waals surface area contributed by atoms with Gasteiger partial charge in [0, 0.05) is 25.7 Å². The van der Waals surface area contributed by atoms with Crippen LogP contribution < -0.4 is 0 Å². The van der Waals surface area contributed by atoms with Crippen LogP contribution in [0.4, 0.5) is 0 Å². The van der Waals surface area contributed by atoms with Gasteiger partial charge in [-0.25, -0.2) is 0 Å². The fraction of sp³-hybridized carbons (Fsp3) is 1.00. The summed E-state index contributed by atoms with van der Waals surface area (Å²) in [6.07, 6.45) is 8.94. The molecule has 0 radical (unpaired) electrons. The fourth-order valence-electron chi connectivity index (χ4n) is 3.23. The highest BCUT2D eigenvalue weighted by Crippen LogP contribution is 2.45. The van der Waals surface area contributed by atoms with Gasteiger partial charge in [0.2, 0.25) is 0 Å². The van der Waals surface area contributed by atoms with E-state index in [1.807, 2.05) is 0 Å². The zero-order valence-electron chi connectivity index (χ0n) is 7.90.